The highest BCUT2D eigenvalue weighted by molar-refractivity contribution is 7.99. The van der Waals surface area contributed by atoms with Crippen molar-refractivity contribution in [3.05, 3.63) is 18.0 Å². The molecule has 4 rings (SSSR count). The molecule has 2 aliphatic rings. The second-order valence-electron chi connectivity index (χ2n) is 5.95. The molecule has 0 radical (unpaired) electrons. The summed E-state index contributed by atoms with van der Waals surface area (Å²) in [5, 5.41) is 16.4. The van der Waals surface area contributed by atoms with Crippen molar-refractivity contribution in [2.75, 3.05) is 36.0 Å². The van der Waals surface area contributed by atoms with E-state index in [0.717, 1.165) is 48.9 Å². The molecule has 0 spiro atoms. The van der Waals surface area contributed by atoms with Crippen LogP contribution in [0.15, 0.2) is 12.1 Å². The number of aryl methyl sites for hydroxylation is 1. The third-order valence-corrected chi connectivity index (χ3v) is 5.47. The fraction of sp³-hybridized carbons (Fsp3) is 0.643. The van der Waals surface area contributed by atoms with Gasteiger partial charge < -0.3 is 10.2 Å². The maximum Gasteiger partial charge on any atom is 0.178 e. The fourth-order valence-electron chi connectivity index (χ4n) is 2.97. The highest BCUT2D eigenvalue weighted by Gasteiger charge is 2.29. The van der Waals surface area contributed by atoms with Crippen LogP contribution in [0.2, 0.25) is 0 Å². The van der Waals surface area contributed by atoms with Crippen molar-refractivity contribution < 1.29 is 0 Å². The summed E-state index contributed by atoms with van der Waals surface area (Å²) in [6.45, 7) is 5.24. The maximum atomic E-state index is 4.62. The zero-order valence-electron chi connectivity index (χ0n) is 12.2. The zero-order valence-corrected chi connectivity index (χ0v) is 13.0. The van der Waals surface area contributed by atoms with Crippen molar-refractivity contribution in [1.29, 1.82) is 0 Å². The molecular weight excluding hydrogens is 284 g/mol. The molecule has 1 N–H and O–H groups in total. The molecule has 2 aliphatic heterocycles. The Hall–Kier alpha value is -1.34. The molecule has 1 unspecified atom stereocenters. The Kier molecular flexibility index (Phi) is 3.46. The molecular formula is C14H20N6S. The Morgan fingerprint density at radius 3 is 3.05 bits per heavy atom. The Labute approximate surface area is 128 Å². The number of rotatable bonds is 4. The van der Waals surface area contributed by atoms with Gasteiger partial charge in [0.15, 0.2) is 11.5 Å². The molecule has 2 aromatic heterocycles. The molecule has 0 bridgehead atoms. The van der Waals surface area contributed by atoms with Crippen molar-refractivity contribution in [3.63, 3.8) is 0 Å². The summed E-state index contributed by atoms with van der Waals surface area (Å²) < 4.78 is 1.82. The number of hydrogen-bond acceptors (Lipinski definition) is 6. The van der Waals surface area contributed by atoms with E-state index in [9.17, 15) is 0 Å². The van der Waals surface area contributed by atoms with Gasteiger partial charge in [-0.3, -0.25) is 0 Å². The minimum Gasteiger partial charge on any atom is -0.354 e. The van der Waals surface area contributed by atoms with E-state index in [1.807, 2.05) is 23.6 Å². The summed E-state index contributed by atoms with van der Waals surface area (Å²) in [5.74, 6) is 5.20. The zero-order chi connectivity index (χ0) is 14.2. The van der Waals surface area contributed by atoms with E-state index in [1.54, 1.807) is 0 Å². The van der Waals surface area contributed by atoms with Crippen LogP contribution in [0.4, 0.5) is 5.82 Å². The average Bonchev–Trinajstić information content (AvgIpc) is 3.08. The van der Waals surface area contributed by atoms with Gasteiger partial charge in [-0.2, -0.15) is 16.3 Å². The van der Waals surface area contributed by atoms with Gasteiger partial charge in [0.1, 0.15) is 5.82 Å². The molecule has 0 aliphatic carbocycles. The van der Waals surface area contributed by atoms with Gasteiger partial charge in [-0.15, -0.1) is 15.3 Å². The molecule has 2 aromatic rings. The number of fused-ring (bicyclic) bond motifs is 1. The van der Waals surface area contributed by atoms with Crippen LogP contribution in [0.1, 0.15) is 12.2 Å². The third kappa shape index (κ3) is 2.60. The van der Waals surface area contributed by atoms with E-state index in [1.165, 1.54) is 17.9 Å². The van der Waals surface area contributed by atoms with Crippen LogP contribution < -0.4 is 10.2 Å². The van der Waals surface area contributed by atoms with Gasteiger partial charge in [0, 0.05) is 37.3 Å². The summed E-state index contributed by atoms with van der Waals surface area (Å²) in [6, 6.07) is 4.77. The SMILES string of the molecule is Cc1nnc2ccc(N3CC(CNC4CCSC4)C3)nn12. The Balaban J connectivity index is 1.34. The third-order valence-electron chi connectivity index (χ3n) is 4.31. The molecule has 112 valence electrons. The molecule has 7 heteroatoms. The smallest absolute Gasteiger partial charge is 0.178 e. The maximum absolute atomic E-state index is 4.62. The van der Waals surface area contributed by atoms with E-state index in [4.69, 9.17) is 0 Å². The van der Waals surface area contributed by atoms with Crippen LogP contribution in [0.25, 0.3) is 5.65 Å². The summed E-state index contributed by atoms with van der Waals surface area (Å²) >= 11 is 2.06. The molecule has 4 heterocycles. The number of hydrogen-bond donors (Lipinski definition) is 1. The standard InChI is InChI=1S/C14H20N6S/c1-10-16-17-13-2-3-14(18-20(10)13)19-7-11(8-19)6-15-12-4-5-21-9-12/h2-3,11-12,15H,4-9H2,1H3. The van der Waals surface area contributed by atoms with Gasteiger partial charge >= 0.3 is 0 Å². The van der Waals surface area contributed by atoms with Crippen LogP contribution in [0, 0.1) is 12.8 Å². The Morgan fingerprint density at radius 2 is 2.24 bits per heavy atom. The van der Waals surface area contributed by atoms with E-state index in [0.29, 0.717) is 0 Å². The Morgan fingerprint density at radius 1 is 1.33 bits per heavy atom. The first-order valence-corrected chi connectivity index (χ1v) is 8.70. The van der Waals surface area contributed by atoms with Crippen LogP contribution in [0.5, 0.6) is 0 Å². The predicted octanol–water partition coefficient (Wildman–Crippen LogP) is 0.964. The molecule has 0 saturated carbocycles. The van der Waals surface area contributed by atoms with E-state index < -0.39 is 0 Å². The lowest BCUT2D eigenvalue weighted by atomic mass is 10.00. The first-order valence-electron chi connectivity index (χ1n) is 7.55. The Bertz CT molecular complexity index is 629. The quantitative estimate of drug-likeness (QED) is 0.908. The number of thioether (sulfide) groups is 1. The lowest BCUT2D eigenvalue weighted by Crippen LogP contribution is -2.52. The van der Waals surface area contributed by atoms with Crippen LogP contribution in [-0.2, 0) is 0 Å². The second-order valence-corrected chi connectivity index (χ2v) is 7.10. The summed E-state index contributed by atoms with van der Waals surface area (Å²) in [4.78, 5) is 2.33. The highest BCUT2D eigenvalue weighted by atomic mass is 32.2. The molecule has 6 nitrogen and oxygen atoms in total. The van der Waals surface area contributed by atoms with Crippen molar-refractivity contribution >= 4 is 23.2 Å². The highest BCUT2D eigenvalue weighted by Crippen LogP contribution is 2.23. The summed E-state index contributed by atoms with van der Waals surface area (Å²) in [6.07, 6.45) is 1.33. The minimum atomic E-state index is 0.734. The molecule has 1 atom stereocenters. The number of aromatic nitrogens is 4. The normalized spacial score (nSPS) is 22.9. The number of anilines is 1. The van der Waals surface area contributed by atoms with E-state index >= 15 is 0 Å². The van der Waals surface area contributed by atoms with E-state index in [2.05, 4.69) is 37.3 Å². The van der Waals surface area contributed by atoms with Crippen molar-refractivity contribution in [2.45, 2.75) is 19.4 Å². The lowest BCUT2D eigenvalue weighted by Gasteiger charge is -2.40. The average molecular weight is 304 g/mol. The van der Waals surface area contributed by atoms with Crippen molar-refractivity contribution in [3.8, 4) is 0 Å². The predicted molar refractivity (Wildman–Crippen MR) is 85.0 cm³/mol. The van der Waals surface area contributed by atoms with Gasteiger partial charge in [0.25, 0.3) is 0 Å². The van der Waals surface area contributed by atoms with Gasteiger partial charge in [0.2, 0.25) is 0 Å². The van der Waals surface area contributed by atoms with E-state index in [-0.39, 0.29) is 0 Å². The first kappa shape index (κ1) is 13.3. The molecule has 2 fully saturated rings. The van der Waals surface area contributed by atoms with Gasteiger partial charge in [-0.25, -0.2) is 0 Å². The van der Waals surface area contributed by atoms with Crippen LogP contribution >= 0.6 is 11.8 Å². The second kappa shape index (κ2) is 5.46. The summed E-state index contributed by atoms with van der Waals surface area (Å²) in [5.41, 5.74) is 0.814. The summed E-state index contributed by atoms with van der Waals surface area (Å²) in [7, 11) is 0. The van der Waals surface area contributed by atoms with Crippen LogP contribution in [-0.4, -0.2) is 57.0 Å². The monoisotopic (exact) mass is 304 g/mol. The van der Waals surface area contributed by atoms with Gasteiger partial charge in [0.05, 0.1) is 0 Å². The molecule has 0 amide bonds. The largest absolute Gasteiger partial charge is 0.354 e. The topological polar surface area (TPSA) is 58.4 Å². The lowest BCUT2D eigenvalue weighted by molar-refractivity contribution is 0.365. The molecule has 2 saturated heterocycles. The molecule has 0 aromatic carbocycles. The number of nitrogens with zero attached hydrogens (tertiary/aromatic N) is 5. The van der Waals surface area contributed by atoms with Crippen molar-refractivity contribution in [2.24, 2.45) is 5.92 Å². The van der Waals surface area contributed by atoms with Gasteiger partial charge in [-0.05, 0) is 31.2 Å². The van der Waals surface area contributed by atoms with Crippen molar-refractivity contribution in [1.82, 2.24) is 25.1 Å². The molecule has 21 heavy (non-hydrogen) atoms. The van der Waals surface area contributed by atoms with Crippen LogP contribution in [0.3, 0.4) is 0 Å². The fourth-order valence-corrected chi connectivity index (χ4v) is 4.16. The minimum absolute atomic E-state index is 0.734. The van der Waals surface area contributed by atoms with Gasteiger partial charge in [-0.1, -0.05) is 0 Å². The first-order chi connectivity index (χ1) is 10.3. The number of nitrogens with one attached hydrogen (secondary N) is 1.